The Labute approximate surface area is 137 Å². The summed E-state index contributed by atoms with van der Waals surface area (Å²) in [4.78, 5) is 4.43. The molecule has 0 amide bonds. The standard InChI is InChI=1S/C18H11ClFN3/c19-13-3-1-4-15(11-13)23-18-16(5-2-10-21-18)17(22-23)12-6-8-14(20)9-7-12/h1-11H. The molecule has 0 saturated heterocycles. The Kier molecular flexibility index (Phi) is 3.32. The van der Waals surface area contributed by atoms with Crippen molar-refractivity contribution in [3.05, 3.63) is 77.7 Å². The van der Waals surface area contributed by atoms with Gasteiger partial charge in [-0.25, -0.2) is 14.1 Å². The van der Waals surface area contributed by atoms with Gasteiger partial charge in [0.25, 0.3) is 0 Å². The first-order valence-electron chi connectivity index (χ1n) is 7.08. The second-order valence-electron chi connectivity index (χ2n) is 5.12. The molecule has 4 aromatic rings. The zero-order valence-electron chi connectivity index (χ0n) is 11.9. The summed E-state index contributed by atoms with van der Waals surface area (Å²) in [5, 5.41) is 6.21. The molecule has 2 heterocycles. The third-order valence-electron chi connectivity index (χ3n) is 3.61. The Hall–Kier alpha value is -2.72. The van der Waals surface area contributed by atoms with Crippen LogP contribution in [0.5, 0.6) is 0 Å². The molecular formula is C18H11ClFN3. The van der Waals surface area contributed by atoms with Crippen molar-refractivity contribution in [2.75, 3.05) is 0 Å². The smallest absolute Gasteiger partial charge is 0.163 e. The van der Waals surface area contributed by atoms with Crippen LogP contribution in [0.25, 0.3) is 28.0 Å². The average molecular weight is 324 g/mol. The molecular weight excluding hydrogens is 313 g/mol. The number of benzene rings is 2. The lowest BCUT2D eigenvalue weighted by atomic mass is 10.1. The quantitative estimate of drug-likeness (QED) is 0.526. The van der Waals surface area contributed by atoms with Gasteiger partial charge in [0.1, 0.15) is 11.5 Å². The maximum atomic E-state index is 13.2. The first-order valence-corrected chi connectivity index (χ1v) is 7.46. The maximum absolute atomic E-state index is 13.2. The van der Waals surface area contributed by atoms with E-state index >= 15 is 0 Å². The number of nitrogens with zero attached hydrogens (tertiary/aromatic N) is 3. The van der Waals surface area contributed by atoms with Crippen molar-refractivity contribution >= 4 is 22.6 Å². The van der Waals surface area contributed by atoms with Crippen LogP contribution in [-0.4, -0.2) is 14.8 Å². The molecule has 23 heavy (non-hydrogen) atoms. The lowest BCUT2D eigenvalue weighted by Gasteiger charge is -2.02. The van der Waals surface area contributed by atoms with E-state index in [-0.39, 0.29) is 5.82 Å². The largest absolute Gasteiger partial charge is 0.237 e. The summed E-state index contributed by atoms with van der Waals surface area (Å²) in [6.07, 6.45) is 1.72. The van der Waals surface area contributed by atoms with Crippen molar-refractivity contribution in [1.82, 2.24) is 14.8 Å². The van der Waals surface area contributed by atoms with E-state index < -0.39 is 0 Å². The van der Waals surface area contributed by atoms with E-state index in [1.165, 1.54) is 12.1 Å². The first-order chi connectivity index (χ1) is 11.2. The second kappa shape index (κ2) is 5.48. The molecule has 4 rings (SSSR count). The third-order valence-corrected chi connectivity index (χ3v) is 3.85. The molecule has 0 aliphatic heterocycles. The minimum atomic E-state index is -0.273. The zero-order valence-corrected chi connectivity index (χ0v) is 12.7. The number of halogens is 2. The minimum Gasteiger partial charge on any atom is -0.237 e. The van der Waals surface area contributed by atoms with E-state index in [9.17, 15) is 4.39 Å². The summed E-state index contributed by atoms with van der Waals surface area (Å²) in [7, 11) is 0. The fourth-order valence-electron chi connectivity index (χ4n) is 2.56. The molecule has 2 aromatic carbocycles. The molecule has 3 nitrogen and oxygen atoms in total. The number of pyridine rings is 1. The van der Waals surface area contributed by atoms with Gasteiger partial charge in [0.05, 0.1) is 5.69 Å². The van der Waals surface area contributed by atoms with E-state index in [4.69, 9.17) is 11.6 Å². The highest BCUT2D eigenvalue weighted by Crippen LogP contribution is 2.29. The van der Waals surface area contributed by atoms with Crippen LogP contribution in [0.3, 0.4) is 0 Å². The first kappa shape index (κ1) is 13.9. The van der Waals surface area contributed by atoms with Crippen LogP contribution in [-0.2, 0) is 0 Å². The Bertz CT molecular complexity index is 993. The molecule has 2 aromatic heterocycles. The Balaban J connectivity index is 1.98. The molecule has 0 aliphatic carbocycles. The van der Waals surface area contributed by atoms with Crippen molar-refractivity contribution in [2.24, 2.45) is 0 Å². The van der Waals surface area contributed by atoms with Gasteiger partial charge in [-0.15, -0.1) is 0 Å². The van der Waals surface area contributed by atoms with Crippen LogP contribution >= 0.6 is 11.6 Å². The van der Waals surface area contributed by atoms with Crippen molar-refractivity contribution < 1.29 is 4.39 Å². The number of aromatic nitrogens is 3. The predicted octanol–water partition coefficient (Wildman–Crippen LogP) is 4.88. The van der Waals surface area contributed by atoms with Gasteiger partial charge >= 0.3 is 0 Å². The molecule has 0 bridgehead atoms. The topological polar surface area (TPSA) is 30.7 Å². The Morgan fingerprint density at radius 1 is 0.957 bits per heavy atom. The minimum absolute atomic E-state index is 0.273. The van der Waals surface area contributed by atoms with Gasteiger partial charge < -0.3 is 0 Å². The summed E-state index contributed by atoms with van der Waals surface area (Å²) in [6.45, 7) is 0. The fourth-order valence-corrected chi connectivity index (χ4v) is 2.75. The molecule has 0 aliphatic rings. The van der Waals surface area contributed by atoms with Crippen molar-refractivity contribution in [3.63, 3.8) is 0 Å². The molecule has 0 fully saturated rings. The lowest BCUT2D eigenvalue weighted by molar-refractivity contribution is 0.628. The molecule has 0 saturated carbocycles. The highest BCUT2D eigenvalue weighted by molar-refractivity contribution is 6.30. The SMILES string of the molecule is Fc1ccc(-c2nn(-c3cccc(Cl)c3)c3ncccc23)cc1. The van der Waals surface area contributed by atoms with Crippen LogP contribution in [0, 0.1) is 5.82 Å². The normalized spacial score (nSPS) is 11.0. The van der Waals surface area contributed by atoms with Gasteiger partial charge in [-0.1, -0.05) is 17.7 Å². The van der Waals surface area contributed by atoms with Gasteiger partial charge in [-0.05, 0) is 54.6 Å². The van der Waals surface area contributed by atoms with Crippen LogP contribution in [0.1, 0.15) is 0 Å². The fraction of sp³-hybridized carbons (Fsp3) is 0. The molecule has 5 heteroatoms. The molecule has 112 valence electrons. The van der Waals surface area contributed by atoms with Gasteiger partial charge in [0.15, 0.2) is 5.65 Å². The molecule has 0 unspecified atom stereocenters. The third kappa shape index (κ3) is 2.47. The predicted molar refractivity (Wildman–Crippen MR) is 89.3 cm³/mol. The van der Waals surface area contributed by atoms with Gasteiger partial charge in [0.2, 0.25) is 0 Å². The molecule has 0 atom stereocenters. The molecule has 0 spiro atoms. The zero-order chi connectivity index (χ0) is 15.8. The Morgan fingerprint density at radius 2 is 1.78 bits per heavy atom. The lowest BCUT2D eigenvalue weighted by Crippen LogP contribution is -1.97. The number of rotatable bonds is 2. The highest BCUT2D eigenvalue weighted by atomic mass is 35.5. The Morgan fingerprint density at radius 3 is 2.57 bits per heavy atom. The average Bonchev–Trinajstić information content (AvgIpc) is 2.95. The second-order valence-corrected chi connectivity index (χ2v) is 5.56. The van der Waals surface area contributed by atoms with Crippen LogP contribution in [0.2, 0.25) is 5.02 Å². The van der Waals surface area contributed by atoms with E-state index in [0.29, 0.717) is 5.02 Å². The van der Waals surface area contributed by atoms with Crippen LogP contribution in [0.4, 0.5) is 4.39 Å². The summed E-state index contributed by atoms with van der Waals surface area (Å²) in [5.74, 6) is -0.273. The monoisotopic (exact) mass is 323 g/mol. The summed E-state index contributed by atoms with van der Waals surface area (Å²) < 4.78 is 14.9. The highest BCUT2D eigenvalue weighted by Gasteiger charge is 2.14. The van der Waals surface area contributed by atoms with E-state index in [1.807, 2.05) is 36.4 Å². The van der Waals surface area contributed by atoms with E-state index in [2.05, 4.69) is 10.1 Å². The number of hydrogen-bond acceptors (Lipinski definition) is 2. The van der Waals surface area contributed by atoms with Crippen molar-refractivity contribution in [1.29, 1.82) is 0 Å². The van der Waals surface area contributed by atoms with Crippen molar-refractivity contribution in [2.45, 2.75) is 0 Å². The van der Waals surface area contributed by atoms with E-state index in [0.717, 1.165) is 28.0 Å². The van der Waals surface area contributed by atoms with Crippen molar-refractivity contribution in [3.8, 4) is 16.9 Å². The van der Waals surface area contributed by atoms with E-state index in [1.54, 1.807) is 23.0 Å². The number of fused-ring (bicyclic) bond motifs is 1. The van der Waals surface area contributed by atoms with Gasteiger partial charge in [-0.3, -0.25) is 0 Å². The van der Waals surface area contributed by atoms with Gasteiger partial charge in [-0.2, -0.15) is 5.10 Å². The van der Waals surface area contributed by atoms with Gasteiger partial charge in [0, 0.05) is 22.2 Å². The van der Waals surface area contributed by atoms with Crippen LogP contribution < -0.4 is 0 Å². The molecule has 0 radical (unpaired) electrons. The summed E-state index contributed by atoms with van der Waals surface area (Å²) in [6, 6.07) is 17.5. The van der Waals surface area contributed by atoms with Crippen LogP contribution in [0.15, 0.2) is 66.9 Å². The maximum Gasteiger partial charge on any atom is 0.163 e. The number of hydrogen-bond donors (Lipinski definition) is 0. The summed E-state index contributed by atoms with van der Waals surface area (Å²) >= 11 is 6.08. The molecule has 0 N–H and O–H groups in total. The summed E-state index contributed by atoms with van der Waals surface area (Å²) in [5.41, 5.74) is 3.15.